The van der Waals surface area contributed by atoms with Crippen LogP contribution < -0.4 is 5.73 Å². The van der Waals surface area contributed by atoms with Crippen LogP contribution in [0.2, 0.25) is 0 Å². The van der Waals surface area contributed by atoms with E-state index in [1.807, 2.05) is 16.7 Å². The zero-order valence-electron chi connectivity index (χ0n) is 14.0. The van der Waals surface area contributed by atoms with E-state index in [9.17, 15) is 9.59 Å². The first kappa shape index (κ1) is 18.0. The van der Waals surface area contributed by atoms with E-state index in [2.05, 4.69) is 20.8 Å². The van der Waals surface area contributed by atoms with Gasteiger partial charge in [0.1, 0.15) is 0 Å². The lowest BCUT2D eigenvalue weighted by Crippen LogP contribution is -2.40. The van der Waals surface area contributed by atoms with Gasteiger partial charge in [0.15, 0.2) is 0 Å². The molecule has 0 bridgehead atoms. The molecule has 2 N–H and O–H groups in total. The van der Waals surface area contributed by atoms with Crippen molar-refractivity contribution in [2.45, 2.75) is 59.4 Å². The Hall–Kier alpha value is -1.10. The van der Waals surface area contributed by atoms with Gasteiger partial charge in [0.05, 0.1) is 0 Å². The molecule has 1 aliphatic rings. The van der Waals surface area contributed by atoms with Crippen molar-refractivity contribution >= 4 is 11.8 Å². The van der Waals surface area contributed by atoms with Crippen LogP contribution >= 0.6 is 0 Å². The number of nitrogens with two attached hydrogens (primary N) is 1. The lowest BCUT2D eigenvalue weighted by molar-refractivity contribution is -0.133. The predicted octanol–water partition coefficient (Wildman–Crippen LogP) is 1.61. The number of carbonyl (C=O) groups is 2. The third-order valence-electron chi connectivity index (χ3n) is 3.82. The smallest absolute Gasteiger partial charge is 0.224 e. The summed E-state index contributed by atoms with van der Waals surface area (Å²) in [7, 11) is 0. The van der Waals surface area contributed by atoms with E-state index in [4.69, 9.17) is 5.73 Å². The number of nitrogens with zero attached hydrogens (tertiary/aromatic N) is 2. The fourth-order valence-electron chi connectivity index (χ4n) is 2.85. The molecule has 1 atom stereocenters. The first-order valence-electron chi connectivity index (χ1n) is 8.04. The van der Waals surface area contributed by atoms with Crippen molar-refractivity contribution in [3.63, 3.8) is 0 Å². The minimum absolute atomic E-state index is 0.0888. The molecule has 0 saturated carbocycles. The molecular formula is C16H31N3O2. The van der Waals surface area contributed by atoms with Crippen LogP contribution in [0.25, 0.3) is 0 Å². The van der Waals surface area contributed by atoms with Gasteiger partial charge in [-0.2, -0.15) is 0 Å². The van der Waals surface area contributed by atoms with E-state index in [0.29, 0.717) is 25.9 Å². The molecular weight excluding hydrogens is 266 g/mol. The third kappa shape index (κ3) is 6.46. The molecule has 0 aliphatic carbocycles. The van der Waals surface area contributed by atoms with Crippen LogP contribution in [-0.2, 0) is 9.59 Å². The Balaban J connectivity index is 2.46. The third-order valence-corrected chi connectivity index (χ3v) is 3.82. The topological polar surface area (TPSA) is 66.6 Å². The van der Waals surface area contributed by atoms with Gasteiger partial charge in [-0.05, 0) is 18.3 Å². The molecule has 0 aromatic carbocycles. The fraction of sp³-hybridized carbons (Fsp3) is 0.875. The van der Waals surface area contributed by atoms with Crippen LogP contribution in [-0.4, -0.2) is 53.8 Å². The summed E-state index contributed by atoms with van der Waals surface area (Å²) >= 11 is 0. The van der Waals surface area contributed by atoms with Crippen molar-refractivity contribution in [3.05, 3.63) is 0 Å². The zero-order chi connectivity index (χ0) is 16.0. The molecule has 0 radical (unpaired) electrons. The molecule has 1 heterocycles. The molecule has 0 spiro atoms. The second kappa shape index (κ2) is 7.78. The summed E-state index contributed by atoms with van der Waals surface area (Å²) in [5, 5.41) is 0. The monoisotopic (exact) mass is 297 g/mol. The van der Waals surface area contributed by atoms with Gasteiger partial charge in [-0.15, -0.1) is 0 Å². The van der Waals surface area contributed by atoms with Crippen molar-refractivity contribution in [1.29, 1.82) is 0 Å². The van der Waals surface area contributed by atoms with Gasteiger partial charge in [-0.25, -0.2) is 0 Å². The number of carbonyl (C=O) groups excluding carboxylic acids is 2. The maximum Gasteiger partial charge on any atom is 0.224 e. The number of hydrogen-bond donors (Lipinski definition) is 1. The first-order valence-corrected chi connectivity index (χ1v) is 8.04. The molecule has 5 nitrogen and oxygen atoms in total. The average molecular weight is 297 g/mol. The van der Waals surface area contributed by atoms with Crippen molar-refractivity contribution in [3.8, 4) is 0 Å². The minimum Gasteiger partial charge on any atom is -0.341 e. The molecule has 21 heavy (non-hydrogen) atoms. The molecule has 1 fully saturated rings. The summed E-state index contributed by atoms with van der Waals surface area (Å²) in [5.41, 5.74) is 6.23. The highest BCUT2D eigenvalue weighted by Gasteiger charge is 2.24. The summed E-state index contributed by atoms with van der Waals surface area (Å²) in [6.07, 6.45) is 2.63. The molecule has 1 unspecified atom stereocenters. The highest BCUT2D eigenvalue weighted by Crippen LogP contribution is 2.21. The number of hydrogen-bond acceptors (Lipinski definition) is 3. The van der Waals surface area contributed by atoms with Crippen LogP contribution in [0, 0.1) is 5.41 Å². The first-order chi connectivity index (χ1) is 9.73. The maximum atomic E-state index is 12.3. The zero-order valence-corrected chi connectivity index (χ0v) is 14.0. The van der Waals surface area contributed by atoms with Gasteiger partial charge in [0.2, 0.25) is 11.8 Å². The second-order valence-electron chi connectivity index (χ2n) is 7.20. The van der Waals surface area contributed by atoms with Gasteiger partial charge in [-0.1, -0.05) is 27.7 Å². The Morgan fingerprint density at radius 2 is 1.57 bits per heavy atom. The molecule has 0 aromatic heterocycles. The van der Waals surface area contributed by atoms with Gasteiger partial charge in [0.25, 0.3) is 0 Å². The van der Waals surface area contributed by atoms with Crippen LogP contribution in [0.3, 0.4) is 0 Å². The predicted molar refractivity (Wildman–Crippen MR) is 84.7 cm³/mol. The van der Waals surface area contributed by atoms with Crippen molar-refractivity contribution < 1.29 is 9.59 Å². The summed E-state index contributed by atoms with van der Waals surface area (Å²) < 4.78 is 0. The Kier molecular flexibility index (Phi) is 6.65. The van der Waals surface area contributed by atoms with Gasteiger partial charge in [-0.3, -0.25) is 9.59 Å². The van der Waals surface area contributed by atoms with Crippen molar-refractivity contribution in [1.82, 2.24) is 9.80 Å². The Labute approximate surface area is 128 Å². The van der Waals surface area contributed by atoms with Gasteiger partial charge >= 0.3 is 0 Å². The molecule has 5 heteroatoms. The highest BCUT2D eigenvalue weighted by molar-refractivity contribution is 5.78. The molecule has 122 valence electrons. The maximum absolute atomic E-state index is 12.3. The minimum atomic E-state index is -0.0888. The van der Waals surface area contributed by atoms with Gasteiger partial charge < -0.3 is 15.5 Å². The molecule has 1 rings (SSSR count). The fourth-order valence-corrected chi connectivity index (χ4v) is 2.85. The highest BCUT2D eigenvalue weighted by atomic mass is 16.2. The van der Waals surface area contributed by atoms with Crippen LogP contribution in [0.15, 0.2) is 0 Å². The SMILES string of the molecule is CCC(=O)N1CCCN(C(=O)CC(N)CC(C)(C)C)CC1. The van der Waals surface area contributed by atoms with Crippen LogP contribution in [0.5, 0.6) is 0 Å². The molecule has 1 saturated heterocycles. The second-order valence-corrected chi connectivity index (χ2v) is 7.20. The molecule has 0 aromatic rings. The van der Waals surface area contributed by atoms with E-state index in [1.165, 1.54) is 0 Å². The Morgan fingerprint density at radius 1 is 1.05 bits per heavy atom. The Bertz CT molecular complexity index is 363. The largest absolute Gasteiger partial charge is 0.341 e. The Morgan fingerprint density at radius 3 is 2.05 bits per heavy atom. The summed E-state index contributed by atoms with van der Waals surface area (Å²) in [6.45, 7) is 11.0. The quantitative estimate of drug-likeness (QED) is 0.857. The van der Waals surface area contributed by atoms with Crippen molar-refractivity contribution in [2.75, 3.05) is 26.2 Å². The van der Waals surface area contributed by atoms with E-state index >= 15 is 0 Å². The lowest BCUT2D eigenvalue weighted by Gasteiger charge is -2.26. The standard InChI is InChI=1S/C16H31N3O2/c1-5-14(20)18-7-6-8-19(10-9-18)15(21)11-13(17)12-16(2,3)4/h13H,5-12,17H2,1-4H3. The van der Waals surface area contributed by atoms with E-state index in [1.54, 1.807) is 0 Å². The van der Waals surface area contributed by atoms with Crippen LogP contribution in [0.4, 0.5) is 0 Å². The van der Waals surface area contributed by atoms with E-state index in [0.717, 1.165) is 25.9 Å². The van der Waals surface area contributed by atoms with Crippen LogP contribution in [0.1, 0.15) is 53.4 Å². The average Bonchev–Trinajstić information content (AvgIpc) is 2.61. The van der Waals surface area contributed by atoms with Crippen molar-refractivity contribution in [2.24, 2.45) is 11.1 Å². The van der Waals surface area contributed by atoms with E-state index in [-0.39, 0.29) is 23.3 Å². The van der Waals surface area contributed by atoms with E-state index < -0.39 is 0 Å². The summed E-state index contributed by atoms with van der Waals surface area (Å²) in [6, 6.07) is -0.0888. The summed E-state index contributed by atoms with van der Waals surface area (Å²) in [5.74, 6) is 0.297. The molecule has 1 aliphatic heterocycles. The summed E-state index contributed by atoms with van der Waals surface area (Å²) in [4.78, 5) is 27.8. The lowest BCUT2D eigenvalue weighted by atomic mass is 9.87. The number of amides is 2. The normalized spacial score (nSPS) is 18.3. The van der Waals surface area contributed by atoms with Gasteiger partial charge in [0, 0.05) is 45.1 Å². The molecule has 2 amide bonds. The number of rotatable bonds is 4.